The van der Waals surface area contributed by atoms with Crippen LogP contribution in [0.3, 0.4) is 0 Å². The van der Waals surface area contributed by atoms with Gasteiger partial charge in [-0.2, -0.15) is 9.78 Å². The molecule has 1 aromatic carbocycles. The zero-order chi connectivity index (χ0) is 19.3. The Bertz CT molecular complexity index is 743. The first-order valence-corrected chi connectivity index (χ1v) is 8.97. The number of nitrogens with zero attached hydrogens (tertiary/aromatic N) is 2. The molecule has 0 saturated carbocycles. The number of nitrogens with two attached hydrogens (primary N) is 1. The lowest BCUT2D eigenvalue weighted by Crippen LogP contribution is -2.29. The lowest BCUT2D eigenvalue weighted by atomic mass is 10.1. The lowest BCUT2D eigenvalue weighted by Gasteiger charge is -2.19. The third-order valence-corrected chi connectivity index (χ3v) is 3.96. The van der Waals surface area contributed by atoms with Gasteiger partial charge in [0, 0.05) is 0 Å². The van der Waals surface area contributed by atoms with Crippen molar-refractivity contribution in [2.24, 2.45) is 0 Å². The van der Waals surface area contributed by atoms with Crippen LogP contribution in [0.25, 0.3) is 0 Å². The van der Waals surface area contributed by atoms with Crippen LogP contribution in [-0.4, -0.2) is 28.6 Å². The van der Waals surface area contributed by atoms with Crippen LogP contribution in [0.5, 0.6) is 5.75 Å². The predicted molar refractivity (Wildman–Crippen MR) is 103 cm³/mol. The van der Waals surface area contributed by atoms with E-state index in [2.05, 4.69) is 5.10 Å². The fraction of sp³-hybridized carbons (Fsp3) is 0.500. The van der Waals surface area contributed by atoms with Crippen LogP contribution in [0.1, 0.15) is 51.1 Å². The van der Waals surface area contributed by atoms with Crippen molar-refractivity contribution < 1.29 is 14.3 Å². The second-order valence-electron chi connectivity index (χ2n) is 7.30. The number of anilines is 1. The minimum Gasteiger partial charge on any atom is -0.497 e. The van der Waals surface area contributed by atoms with Crippen LogP contribution < -0.4 is 10.5 Å². The van der Waals surface area contributed by atoms with E-state index < -0.39 is 11.7 Å². The molecule has 6 heteroatoms. The van der Waals surface area contributed by atoms with Gasteiger partial charge in [-0.1, -0.05) is 25.5 Å². The van der Waals surface area contributed by atoms with Crippen molar-refractivity contribution >= 4 is 11.8 Å². The number of carbonyl (C=O) groups is 1. The number of carbonyl (C=O) groups excluding carboxylic acids is 1. The molecule has 2 aromatic rings. The highest BCUT2D eigenvalue weighted by atomic mass is 16.6. The highest BCUT2D eigenvalue weighted by Crippen LogP contribution is 2.22. The molecule has 6 nitrogen and oxygen atoms in total. The normalized spacial score (nSPS) is 11.4. The minimum absolute atomic E-state index is 0.483. The molecule has 2 N–H and O–H groups in total. The molecule has 2 rings (SSSR count). The summed E-state index contributed by atoms with van der Waals surface area (Å²) in [5, 5.41) is 4.45. The standard InChI is InChI=1S/C20H29N3O3/c1-6-7-17-18(21)16(22-23(17)19(24)26-20(2,3)4)13-10-14-8-11-15(25-5)12-9-14/h8-9,11-12H,6-7,10,13,21H2,1-5H3. The van der Waals surface area contributed by atoms with Gasteiger partial charge in [0.15, 0.2) is 0 Å². The summed E-state index contributed by atoms with van der Waals surface area (Å²) in [5.41, 5.74) is 8.92. The van der Waals surface area contributed by atoms with Crippen molar-refractivity contribution in [1.29, 1.82) is 0 Å². The van der Waals surface area contributed by atoms with Crippen molar-refractivity contribution in [3.63, 3.8) is 0 Å². The number of benzene rings is 1. The van der Waals surface area contributed by atoms with E-state index in [0.29, 0.717) is 18.5 Å². The van der Waals surface area contributed by atoms with Crippen molar-refractivity contribution in [1.82, 2.24) is 9.78 Å². The van der Waals surface area contributed by atoms with Crippen molar-refractivity contribution in [3.05, 3.63) is 41.2 Å². The Morgan fingerprint density at radius 1 is 1.15 bits per heavy atom. The van der Waals surface area contributed by atoms with E-state index in [4.69, 9.17) is 15.2 Å². The molecule has 0 fully saturated rings. The van der Waals surface area contributed by atoms with Crippen LogP contribution in [0.4, 0.5) is 10.5 Å². The lowest BCUT2D eigenvalue weighted by molar-refractivity contribution is 0.0509. The Labute approximate surface area is 155 Å². The SMILES string of the molecule is CCCc1c(N)c(CCc2ccc(OC)cc2)nn1C(=O)OC(C)(C)C. The summed E-state index contributed by atoms with van der Waals surface area (Å²) < 4.78 is 12.0. The Kier molecular flexibility index (Phi) is 6.29. The molecule has 142 valence electrons. The number of aromatic nitrogens is 2. The van der Waals surface area contributed by atoms with Gasteiger partial charge in [0.05, 0.1) is 24.2 Å². The Morgan fingerprint density at radius 3 is 2.35 bits per heavy atom. The Balaban J connectivity index is 2.19. The molecule has 1 heterocycles. The maximum atomic E-state index is 12.5. The first-order chi connectivity index (χ1) is 12.2. The van der Waals surface area contributed by atoms with Crippen LogP contribution in [0, 0.1) is 0 Å². The van der Waals surface area contributed by atoms with E-state index in [1.165, 1.54) is 4.68 Å². The van der Waals surface area contributed by atoms with Crippen LogP contribution in [0.15, 0.2) is 24.3 Å². The third-order valence-electron chi connectivity index (χ3n) is 3.96. The second-order valence-corrected chi connectivity index (χ2v) is 7.30. The molecule has 0 aliphatic heterocycles. The first kappa shape index (κ1) is 19.8. The molecule has 0 spiro atoms. The van der Waals surface area contributed by atoms with Gasteiger partial charge in [0.25, 0.3) is 0 Å². The molecule has 26 heavy (non-hydrogen) atoms. The van der Waals surface area contributed by atoms with Crippen molar-refractivity contribution in [2.75, 3.05) is 12.8 Å². The fourth-order valence-corrected chi connectivity index (χ4v) is 2.69. The highest BCUT2D eigenvalue weighted by molar-refractivity contribution is 5.73. The summed E-state index contributed by atoms with van der Waals surface area (Å²) in [7, 11) is 1.65. The summed E-state index contributed by atoms with van der Waals surface area (Å²) >= 11 is 0. The van der Waals surface area contributed by atoms with Crippen molar-refractivity contribution in [3.8, 4) is 5.75 Å². The monoisotopic (exact) mass is 359 g/mol. The number of hydrogen-bond acceptors (Lipinski definition) is 5. The Morgan fingerprint density at radius 2 is 1.81 bits per heavy atom. The van der Waals surface area contributed by atoms with E-state index in [-0.39, 0.29) is 0 Å². The summed E-state index contributed by atoms with van der Waals surface area (Å²) in [5.74, 6) is 0.827. The topological polar surface area (TPSA) is 79.4 Å². The van der Waals surface area contributed by atoms with Gasteiger partial charge in [-0.05, 0) is 57.7 Å². The molecule has 0 aliphatic carbocycles. The molecular weight excluding hydrogens is 330 g/mol. The van der Waals surface area contributed by atoms with Crippen LogP contribution >= 0.6 is 0 Å². The maximum Gasteiger partial charge on any atom is 0.435 e. The average Bonchev–Trinajstić information content (AvgIpc) is 2.89. The van der Waals surface area contributed by atoms with Crippen LogP contribution in [-0.2, 0) is 24.0 Å². The molecule has 0 bridgehead atoms. The van der Waals surface area contributed by atoms with Gasteiger partial charge in [-0.25, -0.2) is 4.79 Å². The van der Waals surface area contributed by atoms with Crippen molar-refractivity contribution in [2.45, 2.75) is 59.0 Å². The number of ether oxygens (including phenoxy) is 2. The maximum absolute atomic E-state index is 12.5. The molecule has 0 atom stereocenters. The summed E-state index contributed by atoms with van der Waals surface area (Å²) in [4.78, 5) is 12.5. The summed E-state index contributed by atoms with van der Waals surface area (Å²) in [6.07, 6.45) is 2.51. The summed E-state index contributed by atoms with van der Waals surface area (Å²) in [6, 6.07) is 7.90. The summed E-state index contributed by atoms with van der Waals surface area (Å²) in [6.45, 7) is 7.55. The van der Waals surface area contributed by atoms with E-state index in [1.807, 2.05) is 52.0 Å². The molecule has 0 unspecified atom stereocenters. The first-order valence-electron chi connectivity index (χ1n) is 8.97. The van der Waals surface area contributed by atoms with E-state index in [1.54, 1.807) is 7.11 Å². The van der Waals surface area contributed by atoms with E-state index in [9.17, 15) is 4.79 Å². The average molecular weight is 359 g/mol. The molecule has 0 saturated heterocycles. The predicted octanol–water partition coefficient (Wildman–Crippen LogP) is 3.99. The molecule has 0 aliphatic rings. The van der Waals surface area contributed by atoms with Gasteiger partial charge in [0.2, 0.25) is 0 Å². The molecule has 0 radical (unpaired) electrons. The molecule has 0 amide bonds. The van der Waals surface area contributed by atoms with E-state index >= 15 is 0 Å². The minimum atomic E-state index is -0.579. The van der Waals surface area contributed by atoms with Gasteiger partial charge in [-0.15, -0.1) is 0 Å². The van der Waals surface area contributed by atoms with Crippen LogP contribution in [0.2, 0.25) is 0 Å². The Hall–Kier alpha value is -2.50. The third kappa shape index (κ3) is 5.00. The number of rotatable bonds is 6. The van der Waals surface area contributed by atoms with E-state index in [0.717, 1.165) is 35.5 Å². The molecule has 1 aromatic heterocycles. The zero-order valence-electron chi connectivity index (χ0n) is 16.3. The number of aryl methyl sites for hydroxylation is 2. The number of nitrogen functional groups attached to an aromatic ring is 1. The second kappa shape index (κ2) is 8.25. The largest absolute Gasteiger partial charge is 0.497 e. The van der Waals surface area contributed by atoms with Gasteiger partial charge < -0.3 is 15.2 Å². The number of methoxy groups -OCH3 is 1. The fourth-order valence-electron chi connectivity index (χ4n) is 2.69. The zero-order valence-corrected chi connectivity index (χ0v) is 16.3. The molecular formula is C20H29N3O3. The quantitative estimate of drug-likeness (QED) is 0.843. The smallest absolute Gasteiger partial charge is 0.435 e. The highest BCUT2D eigenvalue weighted by Gasteiger charge is 2.24. The van der Waals surface area contributed by atoms with Gasteiger partial charge in [0.1, 0.15) is 11.4 Å². The van der Waals surface area contributed by atoms with Gasteiger partial charge in [-0.3, -0.25) is 0 Å². The van der Waals surface area contributed by atoms with Gasteiger partial charge >= 0.3 is 6.09 Å². The number of hydrogen-bond donors (Lipinski definition) is 1.